The number of nitrogens with two attached hydrogens (primary N) is 1. The number of dihydropyridines is 1. The summed E-state index contributed by atoms with van der Waals surface area (Å²) in [7, 11) is 0. The molecule has 16 nitrogen and oxygen atoms in total. The largest absolute Gasteiger partial charge is 0.504 e. The van der Waals surface area contributed by atoms with E-state index >= 15 is 0 Å². The SMILES string of the molecule is CC(=O)O[C@H]1C[C@@H](c2cc(O)c(O)c(OCCc3cccnc3)c2)O[C@@H]([C@@H]2CC#C[C@@H]3[C@H](CCC[C@]34C[C@H](n3cc5cc[nH]c5c3)NC(=NCCCC3=CCNC(N)=C3)N4)Oc3cc(ccc3O)C2)C1. The molecule has 7 heterocycles. The number of carbonyl (C=O) groups excluding carboxylic acids is 1. The van der Waals surface area contributed by atoms with Crippen LogP contribution in [0, 0.1) is 23.7 Å². The lowest BCUT2D eigenvalue weighted by Gasteiger charge is -2.51. The van der Waals surface area contributed by atoms with Crippen LogP contribution in [-0.4, -0.2) is 85.3 Å². The Morgan fingerprint density at radius 1 is 1.09 bits per heavy atom. The third-order valence-corrected chi connectivity index (χ3v) is 14.4. The number of esters is 1. The number of fused-ring (bicyclic) bond motifs is 5. The summed E-state index contributed by atoms with van der Waals surface area (Å²) in [4.78, 5) is 25.2. The Morgan fingerprint density at radius 2 is 2.00 bits per heavy atom. The number of phenolic OH excluding ortho intramolecular Hbond substituents is 3. The molecule has 2 aromatic carbocycles. The molecule has 0 amide bonds. The minimum absolute atomic E-state index is 0.0571. The van der Waals surface area contributed by atoms with Crippen molar-refractivity contribution >= 4 is 22.8 Å². The lowest BCUT2D eigenvalue weighted by Crippen LogP contribution is -2.67. The van der Waals surface area contributed by atoms with Crippen LogP contribution in [0.4, 0.5) is 0 Å². The summed E-state index contributed by atoms with van der Waals surface area (Å²) >= 11 is 0. The fourth-order valence-corrected chi connectivity index (χ4v) is 11.0. The van der Waals surface area contributed by atoms with Crippen molar-refractivity contribution in [1.82, 2.24) is 30.5 Å². The molecule has 5 aromatic rings. The molecule has 1 saturated carbocycles. The number of benzene rings is 2. The van der Waals surface area contributed by atoms with Crippen LogP contribution in [0.25, 0.3) is 10.9 Å². The van der Waals surface area contributed by atoms with Crippen molar-refractivity contribution in [2.45, 2.75) is 114 Å². The van der Waals surface area contributed by atoms with Crippen molar-refractivity contribution in [1.29, 1.82) is 0 Å². The molecule has 8 atom stereocenters. The summed E-state index contributed by atoms with van der Waals surface area (Å²) in [5, 5.41) is 45.1. The molecule has 0 unspecified atom stereocenters. The number of guanidine groups is 1. The first-order chi connectivity index (χ1) is 34.0. The Hall–Kier alpha value is -7.25. The predicted octanol–water partition coefficient (Wildman–Crippen LogP) is 7.05. The zero-order valence-electron chi connectivity index (χ0n) is 39.4. The van der Waals surface area contributed by atoms with Gasteiger partial charge in [0.2, 0.25) is 5.75 Å². The van der Waals surface area contributed by atoms with Crippen molar-refractivity contribution in [3.05, 3.63) is 120 Å². The van der Waals surface area contributed by atoms with E-state index in [1.807, 2.05) is 36.5 Å². The molecule has 70 heavy (non-hydrogen) atoms. The van der Waals surface area contributed by atoms with Crippen LogP contribution in [0.3, 0.4) is 0 Å². The fraction of sp³-hybridized carbons (Fsp3) is 0.426. The number of aromatic amines is 1. The topological polar surface area (TPSA) is 223 Å². The lowest BCUT2D eigenvalue weighted by atomic mass is 9.68. The van der Waals surface area contributed by atoms with Crippen LogP contribution < -0.4 is 31.2 Å². The zero-order chi connectivity index (χ0) is 48.2. The van der Waals surface area contributed by atoms with Crippen molar-refractivity contribution in [3.8, 4) is 40.6 Å². The first-order valence-electron chi connectivity index (χ1n) is 24.5. The van der Waals surface area contributed by atoms with E-state index in [1.54, 1.807) is 24.5 Å². The van der Waals surface area contributed by atoms with E-state index in [4.69, 9.17) is 29.7 Å². The fourth-order valence-electron chi connectivity index (χ4n) is 11.0. The van der Waals surface area contributed by atoms with Gasteiger partial charge in [0.05, 0.1) is 41.6 Å². The average molecular weight is 951 g/mol. The smallest absolute Gasteiger partial charge is 0.302 e. The second kappa shape index (κ2) is 20.4. The third kappa shape index (κ3) is 10.5. The molecular formula is C54H62N8O8. The first kappa shape index (κ1) is 46.5. The molecule has 2 saturated heterocycles. The molecular weight excluding hydrogens is 889 g/mol. The van der Waals surface area contributed by atoms with Gasteiger partial charge in [-0.15, -0.1) is 5.92 Å². The van der Waals surface area contributed by atoms with Crippen LogP contribution in [0.1, 0.15) is 93.7 Å². The highest BCUT2D eigenvalue weighted by Crippen LogP contribution is 2.46. The zero-order valence-corrected chi connectivity index (χ0v) is 39.4. The monoisotopic (exact) mass is 950 g/mol. The summed E-state index contributed by atoms with van der Waals surface area (Å²) in [5.41, 5.74) is 10.2. The molecule has 5 aliphatic rings. The minimum Gasteiger partial charge on any atom is -0.504 e. The molecule has 366 valence electrons. The Morgan fingerprint density at radius 3 is 2.84 bits per heavy atom. The summed E-state index contributed by atoms with van der Waals surface area (Å²) in [6.45, 7) is 2.96. The van der Waals surface area contributed by atoms with Crippen molar-refractivity contribution in [2.24, 2.45) is 22.6 Å². The molecule has 4 aliphatic heterocycles. The second-order valence-corrected chi connectivity index (χ2v) is 19.3. The van der Waals surface area contributed by atoms with Gasteiger partial charge in [0.15, 0.2) is 29.0 Å². The van der Waals surface area contributed by atoms with E-state index in [0.29, 0.717) is 68.2 Å². The van der Waals surface area contributed by atoms with Gasteiger partial charge in [-0.3, -0.25) is 14.8 Å². The Bertz CT molecular complexity index is 2820. The van der Waals surface area contributed by atoms with E-state index in [0.717, 1.165) is 60.7 Å². The molecule has 1 aliphatic carbocycles. The Balaban J connectivity index is 0.953. The van der Waals surface area contributed by atoms with E-state index < -0.39 is 29.8 Å². The number of H-pyrrole nitrogens is 1. The van der Waals surface area contributed by atoms with Crippen LogP contribution in [0.2, 0.25) is 0 Å². The van der Waals surface area contributed by atoms with Gasteiger partial charge in [-0.2, -0.15) is 0 Å². The van der Waals surface area contributed by atoms with Gasteiger partial charge in [-0.1, -0.05) is 24.1 Å². The number of rotatable bonds is 12. The van der Waals surface area contributed by atoms with E-state index in [1.165, 1.54) is 18.6 Å². The predicted molar refractivity (Wildman–Crippen MR) is 264 cm³/mol. The minimum atomic E-state index is -0.619. The number of aliphatic imine (C=N–C) groups is 1. The number of aromatic hydroxyl groups is 3. The molecule has 3 fully saturated rings. The number of nitrogens with one attached hydrogen (secondary N) is 4. The quantitative estimate of drug-likeness (QED) is 0.0272. The number of allylic oxidation sites excluding steroid dienone is 2. The Kier molecular flexibility index (Phi) is 13.5. The van der Waals surface area contributed by atoms with Gasteiger partial charge in [-0.05, 0) is 103 Å². The van der Waals surface area contributed by atoms with Crippen LogP contribution in [-0.2, 0) is 27.1 Å². The normalized spacial score (nSPS) is 26.9. The molecule has 16 heteroatoms. The van der Waals surface area contributed by atoms with Crippen molar-refractivity contribution in [2.75, 3.05) is 19.7 Å². The maximum absolute atomic E-state index is 12.5. The van der Waals surface area contributed by atoms with Gasteiger partial charge in [0.1, 0.15) is 18.4 Å². The van der Waals surface area contributed by atoms with E-state index in [9.17, 15) is 20.1 Å². The first-order valence-corrected chi connectivity index (χ1v) is 24.5. The molecule has 10 rings (SSSR count). The van der Waals surface area contributed by atoms with Crippen LogP contribution >= 0.6 is 0 Å². The summed E-state index contributed by atoms with van der Waals surface area (Å²) in [6.07, 6.45) is 19.0. The van der Waals surface area contributed by atoms with Gasteiger partial charge in [0.25, 0.3) is 0 Å². The van der Waals surface area contributed by atoms with Crippen LogP contribution in [0.15, 0.2) is 108 Å². The van der Waals surface area contributed by atoms with Crippen molar-refractivity contribution < 1.29 is 39.1 Å². The number of phenols is 3. The highest BCUT2D eigenvalue weighted by Gasteiger charge is 2.51. The highest BCUT2D eigenvalue weighted by molar-refractivity contribution is 5.83. The Labute approximate surface area is 407 Å². The molecule has 3 aromatic heterocycles. The molecule has 1 spiro atoms. The maximum atomic E-state index is 12.5. The summed E-state index contributed by atoms with van der Waals surface area (Å²) in [6, 6.07) is 14.6. The lowest BCUT2D eigenvalue weighted by molar-refractivity contribution is -0.164. The highest BCUT2D eigenvalue weighted by atomic mass is 16.6. The number of ether oxygens (including phenoxy) is 4. The molecule has 0 radical (unpaired) electrons. The number of nitrogens with zero attached hydrogens (tertiary/aromatic N) is 3. The van der Waals surface area contributed by atoms with Gasteiger partial charge in [0, 0.05) is 94.4 Å². The number of hydrogen-bond donors (Lipinski definition) is 8. The standard InChI is InChI=1S/C54H62N8O8/c1-33(63)68-40-27-46(70-47(28-40)39-25-44(65)52(66)49(26-39)67-21-15-35-7-4-17-56-30-35)37-8-2-9-41-45(69-48-23-36(22-37)11-12-43(48)64)10-3-16-54(41)29-51(62-31-38-14-20-57-42(38)32-62)60-53(61-54)59-18-5-6-34-13-19-58-50(55)24-34/h4,7,11-14,17,20,23-26,30-32,37,40-41,45-47,51,57-58,64-66H,3,5-6,8,10,15-16,18-19,21-22,27-29,55H2,1H3,(H2,59,60,61)/t37-,40-,41-,45+,46-,47+,51+,54+/m1/s1. The maximum Gasteiger partial charge on any atom is 0.302 e. The number of hydrogen-bond acceptors (Lipinski definition) is 12. The van der Waals surface area contributed by atoms with Crippen LogP contribution in [0.5, 0.6) is 28.7 Å². The van der Waals surface area contributed by atoms with Crippen molar-refractivity contribution in [3.63, 3.8) is 0 Å². The van der Waals surface area contributed by atoms with E-state index in [-0.39, 0.29) is 53.7 Å². The van der Waals surface area contributed by atoms with Gasteiger partial charge >= 0.3 is 5.97 Å². The molecule has 2 bridgehead atoms. The number of pyridine rings is 1. The number of carbonyl (C=O) groups is 1. The second-order valence-electron chi connectivity index (χ2n) is 19.3. The van der Waals surface area contributed by atoms with Gasteiger partial charge < -0.3 is 65.5 Å². The third-order valence-electron chi connectivity index (χ3n) is 14.4. The average Bonchev–Trinajstić information content (AvgIpc) is 3.96. The molecule has 9 N–H and O–H groups in total. The number of aromatic nitrogens is 3. The summed E-state index contributed by atoms with van der Waals surface area (Å²) < 4.78 is 28.1. The van der Waals surface area contributed by atoms with Gasteiger partial charge in [-0.25, -0.2) is 0 Å². The summed E-state index contributed by atoms with van der Waals surface area (Å²) in [5.74, 6) is 7.81. The van der Waals surface area contributed by atoms with E-state index in [2.05, 4.69) is 66.9 Å².